The van der Waals surface area contributed by atoms with Crippen molar-refractivity contribution in [3.05, 3.63) is 70.6 Å². The maximum atomic E-state index is 11.9. The van der Waals surface area contributed by atoms with Gasteiger partial charge in [0.05, 0.1) is 16.9 Å². The van der Waals surface area contributed by atoms with E-state index in [1.54, 1.807) is 12.1 Å². The number of carbonyl (C=O) groups is 1. The van der Waals surface area contributed by atoms with Crippen LogP contribution in [0.2, 0.25) is 5.02 Å². The predicted octanol–water partition coefficient (Wildman–Crippen LogP) is 5.53. The van der Waals surface area contributed by atoms with Crippen LogP contribution in [0.5, 0.6) is 0 Å². The van der Waals surface area contributed by atoms with E-state index in [9.17, 15) is 4.79 Å². The van der Waals surface area contributed by atoms with Crippen LogP contribution < -0.4 is 0 Å². The molecule has 6 heteroatoms. The molecule has 0 unspecified atom stereocenters. The van der Waals surface area contributed by atoms with Gasteiger partial charge in [0.15, 0.2) is 6.40 Å². The Balaban J connectivity index is 1.81. The van der Waals surface area contributed by atoms with E-state index >= 15 is 0 Å². The summed E-state index contributed by atoms with van der Waals surface area (Å²) >= 11 is 8.22. The summed E-state index contributed by atoms with van der Waals surface area (Å²) in [6, 6.07) is 15.0. The molecule has 0 atom stereocenters. The van der Waals surface area contributed by atoms with Crippen LogP contribution in [-0.2, 0) is 8.98 Å². The number of halogens is 1. The number of aryl methyl sites for hydroxylation is 1. The molecule has 0 N–H and O–H groups in total. The van der Waals surface area contributed by atoms with Crippen LogP contribution in [0.4, 0.5) is 0 Å². The first kappa shape index (κ1) is 17.7. The standard InChI is InChI=1S/C17H14ClNO2S2/c1-12-6-8-15(9-7-12)22-13(2)17(20)19-11-21-23-16-5-3-4-14(18)10-16/h3-11H,2H2,1H3. The fourth-order valence-electron chi connectivity index (χ4n) is 1.53. The predicted molar refractivity (Wildman–Crippen MR) is 98.1 cm³/mol. The SMILES string of the molecule is C=C(Sc1ccc(C)cc1)C(=O)N=COSc1cccc(Cl)c1. The Morgan fingerprint density at radius 1 is 1.22 bits per heavy atom. The van der Waals surface area contributed by atoms with Crippen molar-refractivity contribution in [1.82, 2.24) is 0 Å². The van der Waals surface area contributed by atoms with Gasteiger partial charge in [0, 0.05) is 14.8 Å². The summed E-state index contributed by atoms with van der Waals surface area (Å²) in [6.07, 6.45) is 1.11. The summed E-state index contributed by atoms with van der Waals surface area (Å²) in [7, 11) is 0. The Bertz CT molecular complexity index is 730. The molecule has 0 aliphatic rings. The van der Waals surface area contributed by atoms with E-state index in [0.29, 0.717) is 9.93 Å². The van der Waals surface area contributed by atoms with Gasteiger partial charge in [-0.1, -0.05) is 53.7 Å². The second-order valence-electron chi connectivity index (χ2n) is 4.51. The fourth-order valence-corrected chi connectivity index (χ4v) is 2.99. The Labute approximate surface area is 149 Å². The van der Waals surface area contributed by atoms with Gasteiger partial charge in [-0.3, -0.25) is 4.79 Å². The largest absolute Gasteiger partial charge is 0.408 e. The Kier molecular flexibility index (Phi) is 6.77. The lowest BCUT2D eigenvalue weighted by molar-refractivity contribution is -0.113. The Morgan fingerprint density at radius 3 is 2.65 bits per heavy atom. The van der Waals surface area contributed by atoms with Gasteiger partial charge in [-0.05, 0) is 37.3 Å². The molecule has 2 aromatic carbocycles. The normalized spacial score (nSPS) is 10.7. The zero-order chi connectivity index (χ0) is 16.7. The van der Waals surface area contributed by atoms with E-state index in [4.69, 9.17) is 15.8 Å². The van der Waals surface area contributed by atoms with E-state index in [1.807, 2.05) is 43.3 Å². The van der Waals surface area contributed by atoms with Crippen molar-refractivity contribution in [3.8, 4) is 0 Å². The zero-order valence-electron chi connectivity index (χ0n) is 12.4. The van der Waals surface area contributed by atoms with E-state index in [0.717, 1.165) is 33.8 Å². The monoisotopic (exact) mass is 363 g/mol. The number of benzene rings is 2. The first-order valence-corrected chi connectivity index (χ1v) is 8.57. The van der Waals surface area contributed by atoms with Crippen molar-refractivity contribution in [2.45, 2.75) is 16.7 Å². The van der Waals surface area contributed by atoms with Crippen molar-refractivity contribution in [2.24, 2.45) is 4.99 Å². The first-order valence-electron chi connectivity index (χ1n) is 6.64. The number of rotatable bonds is 6. The summed E-state index contributed by atoms with van der Waals surface area (Å²) in [5, 5.41) is 0.620. The molecule has 0 saturated carbocycles. The summed E-state index contributed by atoms with van der Waals surface area (Å²) in [4.78, 5) is 17.7. The molecule has 0 aromatic heterocycles. The van der Waals surface area contributed by atoms with Gasteiger partial charge in [0.2, 0.25) is 0 Å². The highest BCUT2D eigenvalue weighted by Crippen LogP contribution is 2.26. The zero-order valence-corrected chi connectivity index (χ0v) is 14.8. The van der Waals surface area contributed by atoms with E-state index in [1.165, 1.54) is 11.8 Å². The maximum absolute atomic E-state index is 11.9. The van der Waals surface area contributed by atoms with Crippen molar-refractivity contribution < 1.29 is 8.98 Å². The van der Waals surface area contributed by atoms with Gasteiger partial charge in [-0.2, -0.15) is 4.99 Å². The second kappa shape index (κ2) is 8.82. The summed E-state index contributed by atoms with van der Waals surface area (Å²) in [5.74, 6) is -0.428. The quantitative estimate of drug-likeness (QED) is 0.222. The summed E-state index contributed by atoms with van der Waals surface area (Å²) in [6.45, 7) is 5.75. The molecule has 2 aromatic rings. The summed E-state index contributed by atoms with van der Waals surface area (Å²) in [5.41, 5.74) is 1.16. The minimum Gasteiger partial charge on any atom is -0.408 e. The number of nitrogens with zero attached hydrogens (tertiary/aromatic N) is 1. The Morgan fingerprint density at radius 2 is 1.96 bits per heavy atom. The molecule has 0 heterocycles. The maximum Gasteiger partial charge on any atom is 0.285 e. The van der Waals surface area contributed by atoms with Crippen molar-refractivity contribution in [2.75, 3.05) is 0 Å². The van der Waals surface area contributed by atoms with Crippen LogP contribution in [0.1, 0.15) is 5.56 Å². The lowest BCUT2D eigenvalue weighted by Crippen LogP contribution is -1.95. The van der Waals surface area contributed by atoms with Gasteiger partial charge >= 0.3 is 0 Å². The molecule has 0 bridgehead atoms. The van der Waals surface area contributed by atoms with Crippen LogP contribution >= 0.6 is 35.4 Å². The third-order valence-electron chi connectivity index (χ3n) is 2.65. The van der Waals surface area contributed by atoms with Crippen LogP contribution in [-0.4, -0.2) is 12.3 Å². The molecule has 0 aliphatic heterocycles. The van der Waals surface area contributed by atoms with Crippen molar-refractivity contribution in [3.63, 3.8) is 0 Å². The third-order valence-corrected chi connectivity index (χ3v) is 4.45. The van der Waals surface area contributed by atoms with E-state index < -0.39 is 5.91 Å². The van der Waals surface area contributed by atoms with Crippen LogP contribution in [0, 0.1) is 6.92 Å². The first-order chi connectivity index (χ1) is 11.0. The van der Waals surface area contributed by atoms with E-state index in [2.05, 4.69) is 11.6 Å². The highest BCUT2D eigenvalue weighted by molar-refractivity contribution is 8.04. The second-order valence-corrected chi connectivity index (χ2v) is 6.95. The lowest BCUT2D eigenvalue weighted by Gasteiger charge is -2.02. The van der Waals surface area contributed by atoms with Gasteiger partial charge in [-0.15, -0.1) is 0 Å². The highest BCUT2D eigenvalue weighted by atomic mass is 35.5. The average molecular weight is 364 g/mol. The fraction of sp³-hybridized carbons (Fsp3) is 0.0588. The van der Waals surface area contributed by atoms with Crippen molar-refractivity contribution >= 4 is 47.7 Å². The minimum absolute atomic E-state index is 0.335. The van der Waals surface area contributed by atoms with Crippen molar-refractivity contribution in [1.29, 1.82) is 0 Å². The number of hydrogen-bond donors (Lipinski definition) is 0. The molecule has 1 amide bonds. The molecule has 0 spiro atoms. The number of thioether (sulfide) groups is 1. The molecule has 3 nitrogen and oxygen atoms in total. The Hall–Kier alpha value is -1.69. The van der Waals surface area contributed by atoms with Crippen LogP contribution in [0.25, 0.3) is 0 Å². The highest BCUT2D eigenvalue weighted by Gasteiger charge is 2.07. The topological polar surface area (TPSA) is 38.7 Å². The minimum atomic E-state index is -0.428. The third kappa shape index (κ3) is 6.14. The molecule has 0 saturated heterocycles. The summed E-state index contributed by atoms with van der Waals surface area (Å²) < 4.78 is 5.16. The van der Waals surface area contributed by atoms with Crippen LogP contribution in [0.15, 0.2) is 74.8 Å². The molecule has 23 heavy (non-hydrogen) atoms. The number of aliphatic imine (C=N–C) groups is 1. The molecule has 0 fully saturated rings. The van der Waals surface area contributed by atoms with Gasteiger partial charge in [0.25, 0.3) is 5.91 Å². The molecular weight excluding hydrogens is 350 g/mol. The average Bonchev–Trinajstić information content (AvgIpc) is 2.53. The molecule has 2 rings (SSSR count). The number of hydrogen-bond acceptors (Lipinski definition) is 4. The smallest absolute Gasteiger partial charge is 0.285 e. The molecular formula is C17H14ClNO2S2. The van der Waals surface area contributed by atoms with Crippen LogP contribution in [0.3, 0.4) is 0 Å². The van der Waals surface area contributed by atoms with E-state index in [-0.39, 0.29) is 0 Å². The molecule has 118 valence electrons. The van der Waals surface area contributed by atoms with Gasteiger partial charge < -0.3 is 4.18 Å². The lowest BCUT2D eigenvalue weighted by atomic mass is 10.2. The van der Waals surface area contributed by atoms with Gasteiger partial charge in [0.1, 0.15) is 0 Å². The van der Waals surface area contributed by atoms with Gasteiger partial charge in [-0.25, -0.2) is 0 Å². The number of carbonyl (C=O) groups excluding carboxylic acids is 1. The number of amides is 1. The molecule has 0 aliphatic carbocycles. The molecule has 0 radical (unpaired) electrons.